The number of hydrogen-bond donors (Lipinski definition) is 4. The van der Waals surface area contributed by atoms with E-state index in [1.165, 1.54) is 0 Å². The van der Waals surface area contributed by atoms with Crippen LogP contribution in [0.2, 0.25) is 0 Å². The molecule has 2 rings (SSSR count). The van der Waals surface area contributed by atoms with Gasteiger partial charge in [0.2, 0.25) is 0 Å². The first-order chi connectivity index (χ1) is 15.7. The summed E-state index contributed by atoms with van der Waals surface area (Å²) in [5, 5.41) is 31.3. The van der Waals surface area contributed by atoms with Gasteiger partial charge in [0.05, 0.1) is 0 Å². The molecule has 183 valence electrons. The number of rotatable bonds is 14. The third kappa shape index (κ3) is 16.1. The first-order valence-corrected chi connectivity index (χ1v) is 10.8. The van der Waals surface area contributed by atoms with Crippen molar-refractivity contribution >= 4 is 11.6 Å². The van der Waals surface area contributed by atoms with Gasteiger partial charge in [0.15, 0.2) is 11.6 Å². The molecule has 0 atom stereocenters. The van der Waals surface area contributed by atoms with Crippen LogP contribution < -0.4 is 10.6 Å². The van der Waals surface area contributed by atoms with E-state index in [0.717, 1.165) is 39.0 Å². The second-order valence-corrected chi connectivity index (χ2v) is 6.77. The molecule has 33 heavy (non-hydrogen) atoms. The number of hydrogen-bond acceptors (Lipinski definition) is 6. The van der Waals surface area contributed by atoms with Gasteiger partial charge in [-0.15, -0.1) is 26.2 Å². The van der Waals surface area contributed by atoms with Crippen LogP contribution in [-0.4, -0.2) is 74.3 Å². The van der Waals surface area contributed by atoms with Crippen LogP contribution in [0.25, 0.3) is 10.6 Å². The summed E-state index contributed by atoms with van der Waals surface area (Å²) in [6.07, 6.45) is 19.1. The summed E-state index contributed by atoms with van der Waals surface area (Å²) in [4.78, 5) is 22.6. The quantitative estimate of drug-likeness (QED) is 0.213. The topological polar surface area (TPSA) is 127 Å². The van der Waals surface area contributed by atoms with E-state index in [1.54, 1.807) is 48.9 Å². The Morgan fingerprint density at radius 1 is 0.667 bits per heavy atom. The standard InChI is InChI=1S/2C12H17N2O2.Co/c2*15-9-8-13-6-3-7-14-10-11-4-1-2-5-12(11)16;/h2*1-2,4-5,10,14-15H,3,6-9H2;/q2*-1;+2/b2*11-10-;. The third-order valence-electron chi connectivity index (χ3n) is 4.14. The van der Waals surface area contributed by atoms with E-state index < -0.39 is 0 Å². The molecule has 0 spiro atoms. The molecule has 8 nitrogen and oxygen atoms in total. The van der Waals surface area contributed by atoms with Gasteiger partial charge in [-0.3, -0.25) is 9.59 Å². The van der Waals surface area contributed by atoms with Crippen molar-refractivity contribution in [1.29, 1.82) is 0 Å². The van der Waals surface area contributed by atoms with Gasteiger partial charge in [-0.1, -0.05) is 37.1 Å². The second-order valence-electron chi connectivity index (χ2n) is 6.77. The Hall–Kier alpha value is -2.27. The number of allylic oxidation sites excluding steroid dienone is 10. The van der Waals surface area contributed by atoms with Gasteiger partial charge in [-0.05, 0) is 24.3 Å². The van der Waals surface area contributed by atoms with Crippen LogP contribution in [0.1, 0.15) is 12.8 Å². The molecule has 0 unspecified atom stereocenters. The van der Waals surface area contributed by atoms with Crippen molar-refractivity contribution in [2.24, 2.45) is 0 Å². The molecule has 0 bridgehead atoms. The van der Waals surface area contributed by atoms with Crippen molar-refractivity contribution in [3.8, 4) is 0 Å². The Kier molecular flexibility index (Phi) is 20.1. The van der Waals surface area contributed by atoms with Gasteiger partial charge in [-0.25, -0.2) is 0 Å². The molecule has 0 aromatic heterocycles. The Bertz CT molecular complexity index is 681. The minimum absolute atomic E-state index is 0. The van der Waals surface area contributed by atoms with E-state index in [-0.39, 0.29) is 41.6 Å². The molecule has 0 aliphatic heterocycles. The molecule has 0 aromatic carbocycles. The SMILES string of the molecule is O=C1C=CC=C/C1=C/NCCC[N-]CCO.O=C1C=CC=C/C1=C/NCCC[N-]CCO.[Co+2]. The molecule has 0 saturated heterocycles. The van der Waals surface area contributed by atoms with Crippen molar-refractivity contribution in [3.63, 3.8) is 0 Å². The largest absolute Gasteiger partial charge is 2.00 e. The molecule has 0 fully saturated rings. The Morgan fingerprint density at radius 2 is 1.06 bits per heavy atom. The first-order valence-electron chi connectivity index (χ1n) is 10.8. The number of ketones is 2. The van der Waals surface area contributed by atoms with Crippen LogP contribution in [0.3, 0.4) is 0 Å². The zero-order valence-corrected chi connectivity index (χ0v) is 19.8. The Morgan fingerprint density at radius 3 is 1.42 bits per heavy atom. The van der Waals surface area contributed by atoms with Crippen LogP contribution in [0, 0.1) is 0 Å². The zero-order chi connectivity index (χ0) is 23.3. The van der Waals surface area contributed by atoms with E-state index in [0.29, 0.717) is 24.2 Å². The fourth-order valence-electron chi connectivity index (χ4n) is 2.51. The molecule has 9 heteroatoms. The summed E-state index contributed by atoms with van der Waals surface area (Å²) in [6.45, 7) is 4.28. The van der Waals surface area contributed by atoms with Crippen LogP contribution in [-0.2, 0) is 26.4 Å². The number of nitrogens with one attached hydrogen (secondary N) is 2. The summed E-state index contributed by atoms with van der Waals surface area (Å²) in [5.41, 5.74) is 1.35. The van der Waals surface area contributed by atoms with E-state index in [9.17, 15) is 9.59 Å². The molecular formula is C24H34CoN4O4. The van der Waals surface area contributed by atoms with Crippen molar-refractivity contribution in [3.05, 3.63) is 82.8 Å². The van der Waals surface area contributed by atoms with Gasteiger partial charge in [0.25, 0.3) is 0 Å². The van der Waals surface area contributed by atoms with E-state index >= 15 is 0 Å². The van der Waals surface area contributed by atoms with Gasteiger partial charge in [-0.2, -0.15) is 0 Å². The molecule has 0 saturated carbocycles. The van der Waals surface area contributed by atoms with Crippen molar-refractivity contribution in [2.45, 2.75) is 12.8 Å². The molecule has 4 N–H and O–H groups in total. The minimum atomic E-state index is 0. The Labute approximate surface area is 206 Å². The fraction of sp³-hybridized carbons (Fsp3) is 0.417. The molecule has 1 radical (unpaired) electrons. The summed E-state index contributed by atoms with van der Waals surface area (Å²) >= 11 is 0. The average molecular weight is 501 g/mol. The number of aliphatic hydroxyl groups is 2. The predicted molar refractivity (Wildman–Crippen MR) is 128 cm³/mol. The average Bonchev–Trinajstić information content (AvgIpc) is 2.80. The monoisotopic (exact) mass is 501 g/mol. The summed E-state index contributed by atoms with van der Waals surface area (Å²) in [5.74, 6) is 0.0555. The Balaban J connectivity index is 0.000000602. The van der Waals surface area contributed by atoms with Crippen LogP contribution in [0.4, 0.5) is 0 Å². The van der Waals surface area contributed by atoms with Crippen LogP contribution >= 0.6 is 0 Å². The van der Waals surface area contributed by atoms with Gasteiger partial charge >= 0.3 is 16.8 Å². The maximum absolute atomic E-state index is 11.3. The third-order valence-corrected chi connectivity index (χ3v) is 4.14. The zero-order valence-electron chi connectivity index (χ0n) is 18.8. The minimum Gasteiger partial charge on any atom is -0.660 e. The molecule has 0 amide bonds. The van der Waals surface area contributed by atoms with Crippen molar-refractivity contribution in [2.75, 3.05) is 52.5 Å². The van der Waals surface area contributed by atoms with Crippen molar-refractivity contribution < 1.29 is 36.6 Å². The number of aliphatic hydroxyl groups excluding tert-OH is 2. The predicted octanol–water partition coefficient (Wildman–Crippen LogP) is 1.82. The molecule has 2 aliphatic rings. The maximum Gasteiger partial charge on any atom is 2.00 e. The summed E-state index contributed by atoms with van der Waals surface area (Å²) in [6, 6.07) is 0. The maximum atomic E-state index is 11.3. The molecule has 0 heterocycles. The second kappa shape index (κ2) is 21.6. The van der Waals surface area contributed by atoms with Gasteiger partial charge in [0, 0.05) is 49.8 Å². The molecular weight excluding hydrogens is 467 g/mol. The fourth-order valence-corrected chi connectivity index (χ4v) is 2.51. The summed E-state index contributed by atoms with van der Waals surface area (Å²) < 4.78 is 0. The number of carbonyl (C=O) groups is 2. The first kappa shape index (κ1) is 30.7. The smallest absolute Gasteiger partial charge is 0.660 e. The molecule has 0 aromatic rings. The van der Waals surface area contributed by atoms with E-state index in [2.05, 4.69) is 21.3 Å². The van der Waals surface area contributed by atoms with E-state index in [4.69, 9.17) is 10.2 Å². The van der Waals surface area contributed by atoms with Gasteiger partial charge < -0.3 is 31.5 Å². The number of nitrogens with zero attached hydrogens (tertiary/aromatic N) is 2. The van der Waals surface area contributed by atoms with Gasteiger partial charge in [0.1, 0.15) is 0 Å². The molecule has 2 aliphatic carbocycles. The van der Waals surface area contributed by atoms with Crippen molar-refractivity contribution in [1.82, 2.24) is 10.6 Å². The van der Waals surface area contributed by atoms with Crippen LogP contribution in [0.15, 0.2) is 72.2 Å². The number of carbonyl (C=O) groups excluding carboxylic acids is 2. The summed E-state index contributed by atoms with van der Waals surface area (Å²) in [7, 11) is 0. The van der Waals surface area contributed by atoms with E-state index in [1.807, 2.05) is 12.2 Å². The van der Waals surface area contributed by atoms with Crippen LogP contribution in [0.5, 0.6) is 0 Å². The normalized spacial score (nSPS) is 16.5.